The maximum Gasteiger partial charge on any atom is 0.231 e. The molecule has 6 nitrogen and oxygen atoms in total. The molecule has 2 aliphatic rings. The van der Waals surface area contributed by atoms with Crippen molar-refractivity contribution >= 4 is 11.8 Å². The average molecular weight is 366 g/mol. The van der Waals surface area contributed by atoms with Gasteiger partial charge in [-0.05, 0) is 36.1 Å². The van der Waals surface area contributed by atoms with E-state index in [0.717, 1.165) is 17.7 Å². The van der Waals surface area contributed by atoms with Crippen LogP contribution < -0.4 is 20.1 Å². The van der Waals surface area contributed by atoms with Crippen LogP contribution in [0.5, 0.6) is 11.5 Å². The van der Waals surface area contributed by atoms with E-state index < -0.39 is 0 Å². The zero-order valence-corrected chi connectivity index (χ0v) is 14.9. The molecule has 0 spiro atoms. The SMILES string of the molecule is O=C(NCCc1ccccc1)C1CC1C(=O)NCc1ccc2c(c1)OCO2. The summed E-state index contributed by atoms with van der Waals surface area (Å²) in [5.41, 5.74) is 2.13. The first kappa shape index (κ1) is 17.4. The number of amides is 2. The highest BCUT2D eigenvalue weighted by Gasteiger charge is 2.47. The van der Waals surface area contributed by atoms with E-state index in [1.807, 2.05) is 48.5 Å². The molecule has 2 atom stereocenters. The number of carbonyl (C=O) groups excluding carboxylic acids is 2. The minimum Gasteiger partial charge on any atom is -0.454 e. The molecular weight excluding hydrogens is 344 g/mol. The van der Waals surface area contributed by atoms with E-state index in [-0.39, 0.29) is 30.4 Å². The summed E-state index contributed by atoms with van der Waals surface area (Å²) in [5, 5.41) is 5.83. The molecule has 0 saturated heterocycles. The first-order chi connectivity index (χ1) is 13.2. The van der Waals surface area contributed by atoms with Crippen molar-refractivity contribution in [2.24, 2.45) is 11.8 Å². The van der Waals surface area contributed by atoms with Crippen molar-refractivity contribution in [3.05, 3.63) is 59.7 Å². The Morgan fingerprint density at radius 1 is 0.889 bits per heavy atom. The van der Waals surface area contributed by atoms with Crippen molar-refractivity contribution in [1.82, 2.24) is 10.6 Å². The van der Waals surface area contributed by atoms with Crippen molar-refractivity contribution in [3.63, 3.8) is 0 Å². The standard InChI is InChI=1S/C21H22N2O4/c24-20(22-9-8-14-4-2-1-3-5-14)16-11-17(16)21(25)23-12-15-6-7-18-19(10-15)27-13-26-18/h1-7,10,16-17H,8-9,11-13H2,(H,22,24)(H,23,25). The van der Waals surface area contributed by atoms with Gasteiger partial charge in [0.25, 0.3) is 0 Å². The van der Waals surface area contributed by atoms with Crippen LogP contribution in [0.3, 0.4) is 0 Å². The van der Waals surface area contributed by atoms with Crippen LogP contribution >= 0.6 is 0 Å². The highest BCUT2D eigenvalue weighted by atomic mass is 16.7. The van der Waals surface area contributed by atoms with Gasteiger partial charge >= 0.3 is 0 Å². The second-order valence-electron chi connectivity index (χ2n) is 6.88. The third kappa shape index (κ3) is 4.22. The van der Waals surface area contributed by atoms with Gasteiger partial charge in [0.15, 0.2) is 11.5 Å². The lowest BCUT2D eigenvalue weighted by atomic mass is 10.1. The summed E-state index contributed by atoms with van der Waals surface area (Å²) >= 11 is 0. The molecule has 0 aromatic heterocycles. The van der Waals surface area contributed by atoms with Gasteiger partial charge < -0.3 is 20.1 Å². The Morgan fingerprint density at radius 3 is 2.44 bits per heavy atom. The van der Waals surface area contributed by atoms with Gasteiger partial charge in [0.1, 0.15) is 0 Å². The fourth-order valence-corrected chi connectivity index (χ4v) is 3.25. The monoisotopic (exact) mass is 366 g/mol. The van der Waals surface area contributed by atoms with E-state index in [0.29, 0.717) is 25.3 Å². The lowest BCUT2D eigenvalue weighted by Gasteiger charge is -2.07. The second kappa shape index (κ2) is 7.70. The van der Waals surface area contributed by atoms with Crippen LogP contribution in [0, 0.1) is 11.8 Å². The summed E-state index contributed by atoms with van der Waals surface area (Å²) in [6.07, 6.45) is 1.41. The lowest BCUT2D eigenvalue weighted by Crippen LogP contribution is -2.31. The molecule has 2 aromatic rings. The molecule has 140 valence electrons. The second-order valence-corrected chi connectivity index (χ2v) is 6.88. The van der Waals surface area contributed by atoms with Crippen molar-refractivity contribution in [2.75, 3.05) is 13.3 Å². The number of fused-ring (bicyclic) bond motifs is 1. The van der Waals surface area contributed by atoms with Crippen LogP contribution in [0.25, 0.3) is 0 Å². The molecule has 1 aliphatic carbocycles. The molecule has 2 unspecified atom stereocenters. The molecule has 2 aromatic carbocycles. The van der Waals surface area contributed by atoms with Gasteiger partial charge in [0.2, 0.25) is 18.6 Å². The zero-order valence-electron chi connectivity index (χ0n) is 14.9. The molecule has 6 heteroatoms. The van der Waals surface area contributed by atoms with Gasteiger partial charge in [-0.1, -0.05) is 36.4 Å². The molecule has 0 radical (unpaired) electrons. The molecule has 1 fully saturated rings. The molecule has 2 N–H and O–H groups in total. The van der Waals surface area contributed by atoms with Crippen molar-refractivity contribution in [2.45, 2.75) is 19.4 Å². The molecule has 2 amide bonds. The lowest BCUT2D eigenvalue weighted by molar-refractivity contribution is -0.127. The van der Waals surface area contributed by atoms with E-state index in [2.05, 4.69) is 10.6 Å². The van der Waals surface area contributed by atoms with E-state index in [9.17, 15) is 9.59 Å². The van der Waals surface area contributed by atoms with Gasteiger partial charge in [0, 0.05) is 13.1 Å². The van der Waals surface area contributed by atoms with Crippen LogP contribution in [-0.4, -0.2) is 25.2 Å². The van der Waals surface area contributed by atoms with Crippen LogP contribution in [0.15, 0.2) is 48.5 Å². The Balaban J connectivity index is 1.19. The Morgan fingerprint density at radius 2 is 1.63 bits per heavy atom. The summed E-state index contributed by atoms with van der Waals surface area (Å²) in [7, 11) is 0. The van der Waals surface area contributed by atoms with Crippen molar-refractivity contribution in [1.29, 1.82) is 0 Å². The third-order valence-electron chi connectivity index (χ3n) is 4.92. The Hall–Kier alpha value is -3.02. The summed E-state index contributed by atoms with van der Waals surface area (Å²) < 4.78 is 10.6. The van der Waals surface area contributed by atoms with Crippen LogP contribution in [0.1, 0.15) is 17.5 Å². The summed E-state index contributed by atoms with van der Waals surface area (Å²) in [5.74, 6) is 0.877. The Bertz CT molecular complexity index is 837. The normalized spacial score (nSPS) is 19.4. The van der Waals surface area contributed by atoms with Gasteiger partial charge in [-0.2, -0.15) is 0 Å². The minimum atomic E-state index is -0.226. The number of rotatable bonds is 7. The predicted octanol–water partition coefficient (Wildman–Crippen LogP) is 2.03. The van der Waals surface area contributed by atoms with Gasteiger partial charge in [-0.3, -0.25) is 9.59 Å². The van der Waals surface area contributed by atoms with Crippen molar-refractivity contribution in [3.8, 4) is 11.5 Å². The Kier molecular flexibility index (Phi) is 4.96. The van der Waals surface area contributed by atoms with Crippen molar-refractivity contribution < 1.29 is 19.1 Å². The highest BCUT2D eigenvalue weighted by Crippen LogP contribution is 2.39. The predicted molar refractivity (Wildman–Crippen MR) is 99.2 cm³/mol. The Labute approximate surface area is 157 Å². The molecule has 0 bridgehead atoms. The number of hydrogen-bond acceptors (Lipinski definition) is 4. The molecular formula is C21H22N2O4. The molecule has 1 heterocycles. The van der Waals surface area contributed by atoms with Crippen LogP contribution in [-0.2, 0) is 22.6 Å². The van der Waals surface area contributed by atoms with E-state index in [1.54, 1.807) is 0 Å². The molecule has 1 saturated carbocycles. The molecule has 1 aliphatic heterocycles. The minimum absolute atomic E-state index is 0.0332. The maximum atomic E-state index is 12.3. The maximum absolute atomic E-state index is 12.3. The average Bonchev–Trinajstić information content (AvgIpc) is 3.37. The quantitative estimate of drug-likeness (QED) is 0.786. The van der Waals surface area contributed by atoms with Gasteiger partial charge in [-0.15, -0.1) is 0 Å². The number of ether oxygens (including phenoxy) is 2. The molecule has 4 rings (SSSR count). The largest absolute Gasteiger partial charge is 0.454 e. The number of benzene rings is 2. The van der Waals surface area contributed by atoms with E-state index >= 15 is 0 Å². The topological polar surface area (TPSA) is 76.7 Å². The van der Waals surface area contributed by atoms with E-state index in [4.69, 9.17) is 9.47 Å². The van der Waals surface area contributed by atoms with E-state index in [1.165, 1.54) is 5.56 Å². The fourth-order valence-electron chi connectivity index (χ4n) is 3.25. The van der Waals surface area contributed by atoms with Gasteiger partial charge in [0.05, 0.1) is 11.8 Å². The fraction of sp³-hybridized carbons (Fsp3) is 0.333. The third-order valence-corrected chi connectivity index (χ3v) is 4.92. The first-order valence-corrected chi connectivity index (χ1v) is 9.18. The van der Waals surface area contributed by atoms with Crippen LogP contribution in [0.2, 0.25) is 0 Å². The zero-order chi connectivity index (χ0) is 18.6. The summed E-state index contributed by atoms with van der Waals surface area (Å²) in [4.78, 5) is 24.5. The smallest absolute Gasteiger partial charge is 0.231 e. The number of nitrogens with one attached hydrogen (secondary N) is 2. The molecule has 27 heavy (non-hydrogen) atoms. The first-order valence-electron chi connectivity index (χ1n) is 9.18. The summed E-state index contributed by atoms with van der Waals surface area (Å²) in [6.45, 7) is 1.23. The summed E-state index contributed by atoms with van der Waals surface area (Å²) in [6, 6.07) is 15.6. The van der Waals surface area contributed by atoms with Gasteiger partial charge in [-0.25, -0.2) is 0 Å². The number of carbonyl (C=O) groups is 2. The highest BCUT2D eigenvalue weighted by molar-refractivity contribution is 5.92. The number of hydrogen-bond donors (Lipinski definition) is 2. The van der Waals surface area contributed by atoms with Crippen LogP contribution in [0.4, 0.5) is 0 Å².